The first kappa shape index (κ1) is 13.6. The molecule has 1 aromatic rings. The van der Waals surface area contributed by atoms with Gasteiger partial charge in [0.05, 0.1) is 18.1 Å². The van der Waals surface area contributed by atoms with Gasteiger partial charge in [0, 0.05) is 17.8 Å². The fourth-order valence-corrected chi connectivity index (χ4v) is 2.99. The smallest absolute Gasteiger partial charge is 0.410 e. The van der Waals surface area contributed by atoms with Crippen LogP contribution < -0.4 is 0 Å². The highest BCUT2D eigenvalue weighted by atomic mass is 35.5. The van der Waals surface area contributed by atoms with Crippen LogP contribution in [0.2, 0.25) is 0 Å². The lowest BCUT2D eigenvalue weighted by atomic mass is 10.2. The summed E-state index contributed by atoms with van der Waals surface area (Å²) in [5.74, 6) is 0.435. The van der Waals surface area contributed by atoms with Gasteiger partial charge < -0.3 is 9.64 Å². The van der Waals surface area contributed by atoms with Crippen LogP contribution >= 0.6 is 22.9 Å². The molecule has 0 N–H and O–H groups in total. The van der Waals surface area contributed by atoms with Crippen LogP contribution in [0.1, 0.15) is 36.3 Å². The van der Waals surface area contributed by atoms with E-state index in [0.29, 0.717) is 19.0 Å². The monoisotopic (exact) mass is 288 g/mol. The highest BCUT2D eigenvalue weighted by Crippen LogP contribution is 2.26. The maximum atomic E-state index is 12.0. The molecule has 0 radical (unpaired) electrons. The first-order valence-electron chi connectivity index (χ1n) is 5.90. The Balaban J connectivity index is 2.05. The van der Waals surface area contributed by atoms with Crippen molar-refractivity contribution in [1.82, 2.24) is 9.88 Å². The van der Waals surface area contributed by atoms with Gasteiger partial charge in [0.25, 0.3) is 0 Å². The summed E-state index contributed by atoms with van der Waals surface area (Å²) in [5.41, 5.74) is 0.627. The van der Waals surface area contributed by atoms with Gasteiger partial charge in [-0.2, -0.15) is 0 Å². The Labute approximate surface area is 116 Å². The van der Waals surface area contributed by atoms with E-state index in [4.69, 9.17) is 16.3 Å². The lowest BCUT2D eigenvalue weighted by molar-refractivity contribution is 0.0225. The van der Waals surface area contributed by atoms with E-state index in [1.165, 1.54) is 0 Å². The Hall–Kier alpha value is -0.810. The SMILES string of the molecule is CC(C)(C)OC(=O)N1CCc2nc(CCl)sc2C1. The molecule has 0 fully saturated rings. The molecule has 1 aliphatic rings. The summed E-state index contributed by atoms with van der Waals surface area (Å²) in [4.78, 5) is 19.3. The lowest BCUT2D eigenvalue weighted by Crippen LogP contribution is -2.39. The Kier molecular flexibility index (Phi) is 3.82. The fourth-order valence-electron chi connectivity index (χ4n) is 1.79. The molecular weight excluding hydrogens is 272 g/mol. The van der Waals surface area contributed by atoms with E-state index in [9.17, 15) is 4.79 Å². The number of ether oxygens (including phenoxy) is 1. The summed E-state index contributed by atoms with van der Waals surface area (Å²) in [6.07, 6.45) is 0.524. The first-order valence-corrected chi connectivity index (χ1v) is 7.25. The minimum atomic E-state index is -0.452. The molecule has 100 valence electrons. The van der Waals surface area contributed by atoms with E-state index >= 15 is 0 Å². The molecule has 1 aliphatic heterocycles. The minimum Gasteiger partial charge on any atom is -0.444 e. The second-order valence-electron chi connectivity index (χ2n) is 5.26. The topological polar surface area (TPSA) is 42.4 Å². The summed E-state index contributed by atoms with van der Waals surface area (Å²) < 4.78 is 5.37. The summed E-state index contributed by atoms with van der Waals surface area (Å²) in [6, 6.07) is 0. The quantitative estimate of drug-likeness (QED) is 0.746. The molecule has 18 heavy (non-hydrogen) atoms. The molecule has 1 amide bonds. The van der Waals surface area contributed by atoms with Gasteiger partial charge in [0.2, 0.25) is 0 Å². The van der Waals surface area contributed by atoms with Gasteiger partial charge in [0.1, 0.15) is 10.6 Å². The molecule has 1 aromatic heterocycles. The van der Waals surface area contributed by atoms with Crippen molar-refractivity contribution in [3.63, 3.8) is 0 Å². The van der Waals surface area contributed by atoms with Crippen LogP contribution in [0.4, 0.5) is 4.79 Å². The van der Waals surface area contributed by atoms with Crippen LogP contribution in [0.3, 0.4) is 0 Å². The second-order valence-corrected chi connectivity index (χ2v) is 6.70. The van der Waals surface area contributed by atoms with E-state index < -0.39 is 5.60 Å². The molecule has 0 saturated carbocycles. The molecule has 0 bridgehead atoms. The Morgan fingerprint density at radius 3 is 2.89 bits per heavy atom. The highest BCUT2D eigenvalue weighted by Gasteiger charge is 2.27. The zero-order chi connectivity index (χ0) is 13.3. The van der Waals surface area contributed by atoms with Crippen molar-refractivity contribution in [2.45, 2.75) is 45.2 Å². The molecule has 4 nitrogen and oxygen atoms in total. The summed E-state index contributed by atoms with van der Waals surface area (Å²) in [5, 5.41) is 0.924. The van der Waals surface area contributed by atoms with Gasteiger partial charge in [-0.05, 0) is 20.8 Å². The summed E-state index contributed by atoms with van der Waals surface area (Å²) in [7, 11) is 0. The van der Waals surface area contributed by atoms with E-state index in [-0.39, 0.29) is 6.09 Å². The molecule has 0 unspecified atom stereocenters. The summed E-state index contributed by atoms with van der Waals surface area (Å²) >= 11 is 7.36. The highest BCUT2D eigenvalue weighted by molar-refractivity contribution is 7.12. The Morgan fingerprint density at radius 2 is 2.28 bits per heavy atom. The van der Waals surface area contributed by atoms with Crippen molar-refractivity contribution in [2.75, 3.05) is 6.54 Å². The number of rotatable bonds is 1. The predicted octanol–water partition coefficient (Wildman–Crippen LogP) is 3.18. The van der Waals surface area contributed by atoms with E-state index in [2.05, 4.69) is 4.98 Å². The van der Waals surface area contributed by atoms with Crippen molar-refractivity contribution in [2.24, 2.45) is 0 Å². The predicted molar refractivity (Wildman–Crippen MR) is 72.0 cm³/mol. The minimum absolute atomic E-state index is 0.256. The number of alkyl halides is 1. The van der Waals surface area contributed by atoms with Crippen molar-refractivity contribution >= 4 is 29.0 Å². The standard InChI is InChI=1S/C12H17ClN2O2S/c1-12(2,3)17-11(16)15-5-4-8-9(7-15)18-10(6-13)14-8/h4-7H2,1-3H3. The number of hydrogen-bond acceptors (Lipinski definition) is 4. The van der Waals surface area contributed by atoms with Gasteiger partial charge in [-0.25, -0.2) is 9.78 Å². The van der Waals surface area contributed by atoms with Gasteiger partial charge in [-0.15, -0.1) is 22.9 Å². The Morgan fingerprint density at radius 1 is 1.56 bits per heavy atom. The molecule has 0 aromatic carbocycles. The first-order chi connectivity index (χ1) is 8.39. The third-order valence-corrected chi connectivity index (χ3v) is 4.04. The zero-order valence-electron chi connectivity index (χ0n) is 10.8. The van der Waals surface area contributed by atoms with Gasteiger partial charge >= 0.3 is 6.09 Å². The average Bonchev–Trinajstić information content (AvgIpc) is 2.68. The van der Waals surface area contributed by atoms with Crippen LogP contribution in [0.5, 0.6) is 0 Å². The van der Waals surface area contributed by atoms with Crippen LogP contribution in [0, 0.1) is 0 Å². The summed E-state index contributed by atoms with van der Waals surface area (Å²) in [6.45, 7) is 6.86. The van der Waals surface area contributed by atoms with Gasteiger partial charge in [-0.3, -0.25) is 0 Å². The second kappa shape index (κ2) is 5.05. The molecule has 0 aliphatic carbocycles. The Bertz CT molecular complexity index is 453. The van der Waals surface area contributed by atoms with Gasteiger partial charge in [-0.1, -0.05) is 0 Å². The fraction of sp³-hybridized carbons (Fsp3) is 0.667. The number of carbonyl (C=O) groups is 1. The molecule has 6 heteroatoms. The van der Waals surface area contributed by atoms with Crippen molar-refractivity contribution in [3.05, 3.63) is 15.6 Å². The van der Waals surface area contributed by atoms with E-state index in [0.717, 1.165) is 22.0 Å². The molecule has 0 atom stereocenters. The zero-order valence-corrected chi connectivity index (χ0v) is 12.4. The maximum absolute atomic E-state index is 12.0. The molecular formula is C12H17ClN2O2S. The van der Waals surface area contributed by atoms with Crippen LogP contribution in [-0.4, -0.2) is 28.1 Å². The molecule has 2 heterocycles. The third kappa shape index (κ3) is 3.14. The lowest BCUT2D eigenvalue weighted by Gasteiger charge is -2.29. The average molecular weight is 289 g/mol. The number of aromatic nitrogens is 1. The normalized spacial score (nSPS) is 15.4. The number of nitrogens with zero attached hydrogens (tertiary/aromatic N) is 2. The number of fused-ring (bicyclic) bond motifs is 1. The number of halogens is 1. The van der Waals surface area contributed by atoms with Crippen LogP contribution in [0.25, 0.3) is 0 Å². The molecule has 0 saturated heterocycles. The van der Waals surface area contributed by atoms with Crippen molar-refractivity contribution in [1.29, 1.82) is 0 Å². The number of hydrogen-bond donors (Lipinski definition) is 0. The van der Waals surface area contributed by atoms with Crippen LogP contribution in [-0.2, 0) is 23.6 Å². The number of amides is 1. The number of carbonyl (C=O) groups excluding carboxylic acids is 1. The largest absolute Gasteiger partial charge is 0.444 e. The maximum Gasteiger partial charge on any atom is 0.410 e. The number of thiazole rings is 1. The van der Waals surface area contributed by atoms with Crippen molar-refractivity contribution < 1.29 is 9.53 Å². The van der Waals surface area contributed by atoms with Gasteiger partial charge in [0.15, 0.2) is 0 Å². The molecule has 0 spiro atoms. The van der Waals surface area contributed by atoms with Crippen LogP contribution in [0.15, 0.2) is 0 Å². The van der Waals surface area contributed by atoms with E-state index in [1.807, 2.05) is 20.8 Å². The molecule has 2 rings (SSSR count). The van der Waals surface area contributed by atoms with Crippen molar-refractivity contribution in [3.8, 4) is 0 Å². The third-order valence-electron chi connectivity index (χ3n) is 2.54. The van der Waals surface area contributed by atoms with E-state index in [1.54, 1.807) is 16.2 Å².